The van der Waals surface area contributed by atoms with Gasteiger partial charge in [-0.15, -0.1) is 0 Å². The first-order chi connectivity index (χ1) is 6.70. The van der Waals surface area contributed by atoms with Gasteiger partial charge in [0.15, 0.2) is 0 Å². The number of hydrogen-bond acceptors (Lipinski definition) is 3. The molecule has 1 atom stereocenters. The van der Waals surface area contributed by atoms with Crippen molar-refractivity contribution in [2.24, 2.45) is 0 Å². The van der Waals surface area contributed by atoms with E-state index >= 15 is 0 Å². The van der Waals surface area contributed by atoms with E-state index in [0.29, 0.717) is 19.8 Å². The van der Waals surface area contributed by atoms with E-state index in [-0.39, 0.29) is 18.7 Å². The van der Waals surface area contributed by atoms with Gasteiger partial charge in [0.2, 0.25) is 0 Å². The molecular formula is C9H20N2O3. The molecule has 84 valence electrons. The largest absolute Gasteiger partial charge is 0.394 e. The van der Waals surface area contributed by atoms with Crippen LogP contribution in [-0.2, 0) is 4.74 Å². The van der Waals surface area contributed by atoms with Crippen molar-refractivity contribution in [1.82, 2.24) is 10.6 Å². The fourth-order valence-corrected chi connectivity index (χ4v) is 0.841. The maximum atomic E-state index is 11.1. The standard InChI is InChI=1S/C9H20N2O3/c1-3-14-6-4-5-10-9(13)11-8(2)7-12/h8,12H,3-7H2,1-2H3,(H2,10,11,13)/t8-/m0/s1. The Morgan fingerprint density at radius 2 is 2.29 bits per heavy atom. The second-order valence-corrected chi connectivity index (χ2v) is 3.03. The summed E-state index contributed by atoms with van der Waals surface area (Å²) < 4.78 is 5.11. The summed E-state index contributed by atoms with van der Waals surface area (Å²) in [4.78, 5) is 11.1. The lowest BCUT2D eigenvalue weighted by Crippen LogP contribution is -2.42. The molecule has 0 fully saturated rings. The monoisotopic (exact) mass is 204 g/mol. The van der Waals surface area contributed by atoms with E-state index in [1.807, 2.05) is 6.92 Å². The summed E-state index contributed by atoms with van der Waals surface area (Å²) in [7, 11) is 0. The van der Waals surface area contributed by atoms with Gasteiger partial charge >= 0.3 is 6.03 Å². The van der Waals surface area contributed by atoms with Crippen molar-refractivity contribution >= 4 is 6.03 Å². The van der Waals surface area contributed by atoms with Crippen molar-refractivity contribution in [1.29, 1.82) is 0 Å². The van der Waals surface area contributed by atoms with Crippen LogP contribution in [-0.4, -0.2) is 43.5 Å². The predicted molar refractivity (Wildman–Crippen MR) is 54.2 cm³/mol. The molecule has 2 amide bonds. The van der Waals surface area contributed by atoms with Gasteiger partial charge in [-0.3, -0.25) is 0 Å². The summed E-state index contributed by atoms with van der Waals surface area (Å²) in [5, 5.41) is 13.9. The minimum atomic E-state index is -0.247. The van der Waals surface area contributed by atoms with Crippen LogP contribution in [0.25, 0.3) is 0 Å². The van der Waals surface area contributed by atoms with Crippen molar-refractivity contribution < 1.29 is 14.6 Å². The molecule has 3 N–H and O–H groups in total. The maximum absolute atomic E-state index is 11.1. The molecule has 0 aromatic heterocycles. The average Bonchev–Trinajstić information content (AvgIpc) is 2.17. The number of amides is 2. The van der Waals surface area contributed by atoms with Gasteiger partial charge in [-0.25, -0.2) is 4.79 Å². The van der Waals surface area contributed by atoms with E-state index in [0.717, 1.165) is 6.42 Å². The van der Waals surface area contributed by atoms with Crippen LogP contribution in [0, 0.1) is 0 Å². The minimum absolute atomic E-state index is 0.0492. The summed E-state index contributed by atoms with van der Waals surface area (Å²) in [5.74, 6) is 0. The molecule has 0 saturated heterocycles. The highest BCUT2D eigenvalue weighted by Crippen LogP contribution is 1.81. The molecule has 5 heteroatoms. The Kier molecular flexibility index (Phi) is 8.27. The minimum Gasteiger partial charge on any atom is -0.394 e. The lowest BCUT2D eigenvalue weighted by Gasteiger charge is -2.11. The lowest BCUT2D eigenvalue weighted by atomic mass is 10.4. The Morgan fingerprint density at radius 1 is 1.57 bits per heavy atom. The topological polar surface area (TPSA) is 70.6 Å². The summed E-state index contributed by atoms with van der Waals surface area (Å²) in [6.07, 6.45) is 0.800. The van der Waals surface area contributed by atoms with Crippen molar-refractivity contribution in [2.75, 3.05) is 26.4 Å². The van der Waals surface area contributed by atoms with E-state index in [1.54, 1.807) is 6.92 Å². The smallest absolute Gasteiger partial charge is 0.315 e. The third-order valence-electron chi connectivity index (χ3n) is 1.61. The lowest BCUT2D eigenvalue weighted by molar-refractivity contribution is 0.145. The summed E-state index contributed by atoms with van der Waals surface area (Å²) in [6.45, 7) is 5.57. The van der Waals surface area contributed by atoms with Gasteiger partial charge in [0, 0.05) is 19.8 Å². The number of aliphatic hydroxyl groups excluding tert-OH is 1. The Hall–Kier alpha value is -0.810. The molecule has 0 saturated carbocycles. The molecular weight excluding hydrogens is 184 g/mol. The average molecular weight is 204 g/mol. The van der Waals surface area contributed by atoms with Crippen LogP contribution in [0.1, 0.15) is 20.3 Å². The Bertz CT molecular complexity index is 153. The van der Waals surface area contributed by atoms with Crippen molar-refractivity contribution in [2.45, 2.75) is 26.3 Å². The van der Waals surface area contributed by atoms with Gasteiger partial charge in [0.25, 0.3) is 0 Å². The quantitative estimate of drug-likeness (QED) is 0.515. The van der Waals surface area contributed by atoms with Gasteiger partial charge in [-0.05, 0) is 20.3 Å². The van der Waals surface area contributed by atoms with Crippen LogP contribution < -0.4 is 10.6 Å². The number of hydrogen-bond donors (Lipinski definition) is 3. The normalized spacial score (nSPS) is 12.2. The molecule has 0 aliphatic rings. The zero-order valence-electron chi connectivity index (χ0n) is 8.88. The first kappa shape index (κ1) is 13.2. The molecule has 0 rings (SSSR count). The molecule has 0 aromatic carbocycles. The predicted octanol–water partition coefficient (Wildman–Crippen LogP) is 0.0930. The van der Waals surface area contributed by atoms with Crippen LogP contribution in [0.2, 0.25) is 0 Å². The first-order valence-electron chi connectivity index (χ1n) is 4.93. The molecule has 14 heavy (non-hydrogen) atoms. The highest BCUT2D eigenvalue weighted by molar-refractivity contribution is 5.74. The van der Waals surface area contributed by atoms with Crippen molar-refractivity contribution in [3.63, 3.8) is 0 Å². The number of aliphatic hydroxyl groups is 1. The fraction of sp³-hybridized carbons (Fsp3) is 0.889. The van der Waals surface area contributed by atoms with Gasteiger partial charge in [0.1, 0.15) is 0 Å². The third-order valence-corrected chi connectivity index (χ3v) is 1.61. The summed E-state index contributed by atoms with van der Waals surface area (Å²) in [6, 6.07) is -0.454. The number of carbonyl (C=O) groups excluding carboxylic acids is 1. The highest BCUT2D eigenvalue weighted by atomic mass is 16.5. The molecule has 5 nitrogen and oxygen atoms in total. The highest BCUT2D eigenvalue weighted by Gasteiger charge is 2.03. The van der Waals surface area contributed by atoms with Crippen LogP contribution in [0.3, 0.4) is 0 Å². The number of carbonyl (C=O) groups is 1. The van der Waals surface area contributed by atoms with Gasteiger partial charge in [0.05, 0.1) is 12.6 Å². The zero-order chi connectivity index (χ0) is 10.8. The third kappa shape index (κ3) is 7.82. The second-order valence-electron chi connectivity index (χ2n) is 3.03. The fourth-order valence-electron chi connectivity index (χ4n) is 0.841. The molecule has 0 aromatic rings. The van der Waals surface area contributed by atoms with Crippen LogP contribution >= 0.6 is 0 Å². The summed E-state index contributed by atoms with van der Waals surface area (Å²) in [5.41, 5.74) is 0. The molecule has 0 radical (unpaired) electrons. The molecule has 0 unspecified atom stereocenters. The molecule has 0 aliphatic heterocycles. The Balaban J connectivity index is 3.27. The number of nitrogens with one attached hydrogen (secondary N) is 2. The van der Waals surface area contributed by atoms with E-state index in [2.05, 4.69) is 10.6 Å². The van der Waals surface area contributed by atoms with Crippen molar-refractivity contribution in [3.05, 3.63) is 0 Å². The van der Waals surface area contributed by atoms with E-state index < -0.39 is 0 Å². The van der Waals surface area contributed by atoms with E-state index in [4.69, 9.17) is 9.84 Å². The van der Waals surface area contributed by atoms with Crippen molar-refractivity contribution in [3.8, 4) is 0 Å². The molecule has 0 aliphatic carbocycles. The van der Waals surface area contributed by atoms with E-state index in [1.165, 1.54) is 0 Å². The molecule has 0 spiro atoms. The molecule has 0 heterocycles. The van der Waals surface area contributed by atoms with Crippen LogP contribution in [0.4, 0.5) is 4.79 Å². The van der Waals surface area contributed by atoms with Crippen LogP contribution in [0.5, 0.6) is 0 Å². The number of urea groups is 1. The summed E-state index contributed by atoms with van der Waals surface area (Å²) >= 11 is 0. The second kappa shape index (κ2) is 8.77. The number of rotatable bonds is 7. The number of ether oxygens (including phenoxy) is 1. The van der Waals surface area contributed by atoms with Crippen LogP contribution in [0.15, 0.2) is 0 Å². The van der Waals surface area contributed by atoms with Gasteiger partial charge in [-0.2, -0.15) is 0 Å². The Labute approximate surface area is 84.8 Å². The molecule has 0 bridgehead atoms. The zero-order valence-corrected chi connectivity index (χ0v) is 8.88. The maximum Gasteiger partial charge on any atom is 0.315 e. The first-order valence-corrected chi connectivity index (χ1v) is 4.93. The van der Waals surface area contributed by atoms with E-state index in [9.17, 15) is 4.79 Å². The SMILES string of the molecule is CCOCCCNC(=O)N[C@@H](C)CO. The Morgan fingerprint density at radius 3 is 2.86 bits per heavy atom. The van der Waals surface area contributed by atoms with Gasteiger partial charge < -0.3 is 20.5 Å². The van der Waals surface area contributed by atoms with Gasteiger partial charge in [-0.1, -0.05) is 0 Å².